The van der Waals surface area contributed by atoms with Gasteiger partial charge < -0.3 is 15.4 Å². The molecule has 0 aliphatic rings. The number of nitrogens with one attached hydrogen (secondary N) is 2. The van der Waals surface area contributed by atoms with Crippen LogP contribution in [-0.4, -0.2) is 31.8 Å². The van der Waals surface area contributed by atoms with Gasteiger partial charge in [0, 0.05) is 29.5 Å². The molecule has 0 unspecified atom stereocenters. The van der Waals surface area contributed by atoms with Gasteiger partial charge in [-0.25, -0.2) is 0 Å². The third-order valence-corrected chi connectivity index (χ3v) is 3.39. The van der Waals surface area contributed by atoms with Crippen LogP contribution in [0, 0.1) is 0 Å². The van der Waals surface area contributed by atoms with E-state index >= 15 is 0 Å². The Labute approximate surface area is 139 Å². The Morgan fingerprint density at radius 2 is 1.75 bits per heavy atom. The first-order valence-corrected chi connectivity index (χ1v) is 7.33. The fraction of sp³-hybridized carbons (Fsp3) is 0.167. The number of benzene rings is 2. The Bertz CT molecular complexity index is 757. The fourth-order valence-corrected chi connectivity index (χ4v) is 2.18. The number of amides is 1. The molecule has 0 aliphatic carbocycles. The molecule has 0 bridgehead atoms. The predicted octanol–water partition coefficient (Wildman–Crippen LogP) is 2.46. The van der Waals surface area contributed by atoms with E-state index in [2.05, 4.69) is 15.4 Å². The number of carbonyl (C=O) groups is 3. The first kappa shape index (κ1) is 17.2. The molecular weight excluding hydrogens is 308 g/mol. The number of esters is 1. The van der Waals surface area contributed by atoms with Crippen molar-refractivity contribution in [1.82, 2.24) is 0 Å². The van der Waals surface area contributed by atoms with Gasteiger partial charge in [-0.05, 0) is 18.2 Å². The van der Waals surface area contributed by atoms with Crippen LogP contribution in [-0.2, 0) is 14.3 Å². The summed E-state index contributed by atoms with van der Waals surface area (Å²) < 4.78 is 4.45. The number of hydrogen-bond donors (Lipinski definition) is 2. The van der Waals surface area contributed by atoms with Gasteiger partial charge in [0.25, 0.3) is 0 Å². The molecular formula is C18H18N2O4. The highest BCUT2D eigenvalue weighted by atomic mass is 16.5. The molecule has 2 aromatic rings. The van der Waals surface area contributed by atoms with Crippen LogP contribution in [0.2, 0.25) is 0 Å². The molecule has 0 radical (unpaired) electrons. The molecule has 2 rings (SSSR count). The van der Waals surface area contributed by atoms with E-state index in [0.29, 0.717) is 22.5 Å². The van der Waals surface area contributed by atoms with Crippen LogP contribution < -0.4 is 10.6 Å². The Morgan fingerprint density at radius 3 is 2.38 bits per heavy atom. The number of ether oxygens (including phenoxy) is 1. The number of rotatable bonds is 6. The maximum absolute atomic E-state index is 12.7. The Morgan fingerprint density at radius 1 is 1.04 bits per heavy atom. The number of anilines is 2. The maximum atomic E-state index is 12.7. The second-order valence-corrected chi connectivity index (χ2v) is 5.01. The van der Waals surface area contributed by atoms with Gasteiger partial charge in [-0.2, -0.15) is 0 Å². The number of carbonyl (C=O) groups excluding carboxylic acids is 3. The van der Waals surface area contributed by atoms with Crippen molar-refractivity contribution in [2.75, 3.05) is 24.8 Å². The van der Waals surface area contributed by atoms with Crippen LogP contribution in [0.1, 0.15) is 22.3 Å². The Kier molecular flexibility index (Phi) is 5.68. The quantitative estimate of drug-likeness (QED) is 0.484. The molecule has 2 aromatic carbocycles. The molecule has 0 atom stereocenters. The van der Waals surface area contributed by atoms with E-state index in [0.717, 1.165) is 0 Å². The third-order valence-electron chi connectivity index (χ3n) is 3.39. The molecule has 6 heteroatoms. The van der Waals surface area contributed by atoms with Gasteiger partial charge in [0.05, 0.1) is 7.11 Å². The van der Waals surface area contributed by atoms with Crippen LogP contribution in [0.25, 0.3) is 0 Å². The van der Waals surface area contributed by atoms with Crippen LogP contribution in [0.5, 0.6) is 0 Å². The minimum atomic E-state index is -0.625. The van der Waals surface area contributed by atoms with E-state index in [4.69, 9.17) is 0 Å². The normalized spacial score (nSPS) is 9.92. The van der Waals surface area contributed by atoms with E-state index in [1.54, 1.807) is 49.5 Å². The zero-order chi connectivity index (χ0) is 17.5. The largest absolute Gasteiger partial charge is 0.469 e. The summed E-state index contributed by atoms with van der Waals surface area (Å²) in [7, 11) is 2.93. The van der Waals surface area contributed by atoms with Gasteiger partial charge >= 0.3 is 5.97 Å². The third kappa shape index (κ3) is 4.19. The average Bonchev–Trinajstić information content (AvgIpc) is 2.61. The first-order chi connectivity index (χ1) is 11.5. The van der Waals surface area contributed by atoms with E-state index in [1.165, 1.54) is 7.11 Å². The molecule has 124 valence electrons. The lowest BCUT2D eigenvalue weighted by Gasteiger charge is -2.11. The fourth-order valence-electron chi connectivity index (χ4n) is 2.18. The van der Waals surface area contributed by atoms with Gasteiger partial charge in [-0.3, -0.25) is 14.4 Å². The summed E-state index contributed by atoms with van der Waals surface area (Å²) in [6.07, 6.45) is -0.383. The van der Waals surface area contributed by atoms with Crippen LogP contribution >= 0.6 is 0 Å². The van der Waals surface area contributed by atoms with Crippen molar-refractivity contribution >= 4 is 29.0 Å². The minimum absolute atomic E-state index is 0.163. The first-order valence-electron chi connectivity index (χ1n) is 7.33. The Hall–Kier alpha value is -3.15. The topological polar surface area (TPSA) is 84.5 Å². The number of methoxy groups -OCH3 is 1. The zero-order valence-corrected chi connectivity index (χ0v) is 13.5. The lowest BCUT2D eigenvalue weighted by Crippen LogP contribution is -2.17. The van der Waals surface area contributed by atoms with Crippen molar-refractivity contribution in [3.63, 3.8) is 0 Å². The lowest BCUT2D eigenvalue weighted by atomic mass is 10.0. The van der Waals surface area contributed by atoms with Crippen LogP contribution in [0.3, 0.4) is 0 Å². The van der Waals surface area contributed by atoms with Crippen molar-refractivity contribution in [1.29, 1.82) is 0 Å². The molecule has 1 amide bonds. The summed E-state index contributed by atoms with van der Waals surface area (Å²) in [6.45, 7) is 0. The van der Waals surface area contributed by atoms with E-state index < -0.39 is 11.9 Å². The highest BCUT2D eigenvalue weighted by Crippen LogP contribution is 2.23. The number of hydrogen-bond acceptors (Lipinski definition) is 5. The summed E-state index contributed by atoms with van der Waals surface area (Å²) in [6, 6.07) is 13.8. The predicted molar refractivity (Wildman–Crippen MR) is 91.1 cm³/mol. The second-order valence-electron chi connectivity index (χ2n) is 5.01. The standard InChI is InChI=1S/C18H18N2O4/c1-19-15-9-8-13(20-16(21)11-17(22)24-2)10-14(15)18(23)12-6-4-3-5-7-12/h3-10,19H,11H2,1-2H3,(H,20,21). The van der Waals surface area contributed by atoms with E-state index in [-0.39, 0.29) is 12.2 Å². The highest BCUT2D eigenvalue weighted by molar-refractivity contribution is 6.13. The molecule has 24 heavy (non-hydrogen) atoms. The van der Waals surface area contributed by atoms with Crippen molar-refractivity contribution < 1.29 is 19.1 Å². The van der Waals surface area contributed by atoms with Gasteiger partial charge in [-0.15, -0.1) is 0 Å². The molecule has 0 aliphatic heterocycles. The smallest absolute Gasteiger partial charge is 0.315 e. The van der Waals surface area contributed by atoms with E-state index in [9.17, 15) is 14.4 Å². The summed E-state index contributed by atoms with van der Waals surface area (Å²) in [5, 5.41) is 5.55. The molecule has 0 saturated heterocycles. The van der Waals surface area contributed by atoms with E-state index in [1.807, 2.05) is 6.07 Å². The molecule has 0 fully saturated rings. The van der Waals surface area contributed by atoms with Crippen molar-refractivity contribution in [3.8, 4) is 0 Å². The summed E-state index contributed by atoms with van der Waals surface area (Å²) in [5.41, 5.74) is 2.06. The van der Waals surface area contributed by atoms with Gasteiger partial charge in [0.2, 0.25) is 5.91 Å². The molecule has 0 saturated carbocycles. The van der Waals surface area contributed by atoms with Gasteiger partial charge in [0.15, 0.2) is 5.78 Å². The van der Waals surface area contributed by atoms with Crippen molar-refractivity contribution in [2.24, 2.45) is 0 Å². The molecule has 2 N–H and O–H groups in total. The number of ketones is 1. The maximum Gasteiger partial charge on any atom is 0.315 e. The van der Waals surface area contributed by atoms with Gasteiger partial charge in [-0.1, -0.05) is 30.3 Å². The van der Waals surface area contributed by atoms with Crippen molar-refractivity contribution in [3.05, 3.63) is 59.7 Å². The summed E-state index contributed by atoms with van der Waals surface area (Å²) in [5.74, 6) is -1.29. The highest BCUT2D eigenvalue weighted by Gasteiger charge is 2.15. The Balaban J connectivity index is 2.26. The van der Waals surface area contributed by atoms with Gasteiger partial charge in [0.1, 0.15) is 6.42 Å². The zero-order valence-electron chi connectivity index (χ0n) is 13.5. The van der Waals surface area contributed by atoms with Crippen LogP contribution in [0.15, 0.2) is 48.5 Å². The SMILES string of the molecule is CNc1ccc(NC(=O)CC(=O)OC)cc1C(=O)c1ccccc1. The summed E-state index contributed by atoms with van der Waals surface area (Å²) in [4.78, 5) is 35.6. The van der Waals surface area contributed by atoms with Crippen LogP contribution in [0.4, 0.5) is 11.4 Å². The van der Waals surface area contributed by atoms with Crippen molar-refractivity contribution in [2.45, 2.75) is 6.42 Å². The molecule has 6 nitrogen and oxygen atoms in total. The molecule has 0 spiro atoms. The monoisotopic (exact) mass is 326 g/mol. The summed E-state index contributed by atoms with van der Waals surface area (Å²) >= 11 is 0. The second kappa shape index (κ2) is 7.92. The minimum Gasteiger partial charge on any atom is -0.469 e. The molecule has 0 heterocycles. The average molecular weight is 326 g/mol. The molecule has 0 aromatic heterocycles. The lowest BCUT2D eigenvalue weighted by molar-refractivity contribution is -0.142.